The summed E-state index contributed by atoms with van der Waals surface area (Å²) < 4.78 is 23.4. The highest BCUT2D eigenvalue weighted by Crippen LogP contribution is 2.39. The zero-order chi connectivity index (χ0) is 24.8. The van der Waals surface area contributed by atoms with Crippen LogP contribution >= 0.6 is 15.9 Å². The molecule has 0 saturated heterocycles. The van der Waals surface area contributed by atoms with Gasteiger partial charge in [0.15, 0.2) is 17.6 Å². The molecule has 0 spiro atoms. The van der Waals surface area contributed by atoms with Crippen molar-refractivity contribution in [2.24, 2.45) is 5.10 Å². The number of fused-ring (bicyclic) bond motifs is 1. The lowest BCUT2D eigenvalue weighted by molar-refractivity contribution is -0.148. The molecule has 3 aromatic rings. The smallest absolute Gasteiger partial charge is 0.346 e. The molecule has 1 heterocycles. The number of carbonyl (C=O) groups is 1. The van der Waals surface area contributed by atoms with Crippen molar-refractivity contribution in [1.82, 2.24) is 9.66 Å². The fraction of sp³-hybridized carbons (Fsp3) is 0.333. The van der Waals surface area contributed by atoms with Crippen molar-refractivity contribution in [2.75, 3.05) is 21.3 Å². The first kappa shape index (κ1) is 25.2. The van der Waals surface area contributed by atoms with Crippen LogP contribution in [0.2, 0.25) is 0 Å². The Hall–Kier alpha value is -3.40. The van der Waals surface area contributed by atoms with Gasteiger partial charge in [0.1, 0.15) is 5.82 Å². The van der Waals surface area contributed by atoms with Crippen LogP contribution in [0.5, 0.6) is 17.2 Å². The highest BCUT2D eigenvalue weighted by Gasteiger charge is 2.21. The minimum atomic E-state index is -0.870. The van der Waals surface area contributed by atoms with E-state index < -0.39 is 12.1 Å². The van der Waals surface area contributed by atoms with E-state index in [1.807, 2.05) is 13.0 Å². The second kappa shape index (κ2) is 11.1. The van der Waals surface area contributed by atoms with Gasteiger partial charge in [0, 0.05) is 16.5 Å². The zero-order valence-electron chi connectivity index (χ0n) is 19.6. The first-order chi connectivity index (χ1) is 16.3. The van der Waals surface area contributed by atoms with Gasteiger partial charge in [0.2, 0.25) is 5.75 Å². The first-order valence-electron chi connectivity index (χ1n) is 10.6. The van der Waals surface area contributed by atoms with Gasteiger partial charge in [-0.2, -0.15) is 9.78 Å². The minimum absolute atomic E-state index is 0.251. The number of ether oxygens (including phenoxy) is 4. The van der Waals surface area contributed by atoms with Crippen molar-refractivity contribution in [3.05, 3.63) is 56.5 Å². The Morgan fingerprint density at radius 2 is 1.85 bits per heavy atom. The molecule has 1 atom stereocenters. The third-order valence-electron chi connectivity index (χ3n) is 4.98. The number of hydrogen-bond donors (Lipinski definition) is 0. The van der Waals surface area contributed by atoms with Crippen molar-refractivity contribution in [2.45, 2.75) is 32.8 Å². The van der Waals surface area contributed by atoms with E-state index in [0.29, 0.717) is 40.2 Å². The van der Waals surface area contributed by atoms with Crippen LogP contribution in [0.25, 0.3) is 10.9 Å². The quantitative estimate of drug-likeness (QED) is 0.304. The van der Waals surface area contributed by atoms with E-state index in [9.17, 15) is 9.59 Å². The van der Waals surface area contributed by atoms with Gasteiger partial charge in [-0.15, -0.1) is 0 Å². The second-order valence-corrected chi connectivity index (χ2v) is 8.25. The molecular formula is C24H26BrN3O6. The first-order valence-corrected chi connectivity index (χ1v) is 11.4. The Bertz CT molecular complexity index is 1260. The van der Waals surface area contributed by atoms with Crippen LogP contribution in [0.1, 0.15) is 31.7 Å². The van der Waals surface area contributed by atoms with Crippen LogP contribution in [-0.4, -0.2) is 49.3 Å². The van der Waals surface area contributed by atoms with E-state index in [2.05, 4.69) is 26.0 Å². The minimum Gasteiger partial charge on any atom is -0.493 e. The van der Waals surface area contributed by atoms with Crippen LogP contribution in [0.4, 0.5) is 0 Å². The molecule has 0 N–H and O–H groups in total. The summed E-state index contributed by atoms with van der Waals surface area (Å²) in [6.07, 6.45) is 2.04. The average Bonchev–Trinajstić information content (AvgIpc) is 2.84. The topological polar surface area (TPSA) is 101 Å². The SMILES string of the molecule is CCCc1nc2ccc(Br)cc2c(=O)n1N=Cc1cc(OC)c(O[C@@H](C)C(=O)OC)c(OC)c1. The lowest BCUT2D eigenvalue weighted by atomic mass is 10.2. The number of rotatable bonds is 9. The monoisotopic (exact) mass is 531 g/mol. The van der Waals surface area contributed by atoms with Crippen LogP contribution in [0, 0.1) is 0 Å². The standard InChI is InChI=1S/C24H26BrN3O6/c1-6-7-21-27-18-9-8-16(25)12-17(18)23(29)28(21)26-13-15-10-19(31-3)22(20(11-15)32-4)34-14(2)24(30)33-5/h8-14H,6-7H2,1-5H3/t14-/m0/s1. The number of esters is 1. The Kier molecular flexibility index (Phi) is 8.27. The number of aryl methyl sites for hydroxylation is 1. The van der Waals surface area contributed by atoms with Crippen molar-refractivity contribution >= 4 is 39.0 Å². The maximum Gasteiger partial charge on any atom is 0.346 e. The molecular weight excluding hydrogens is 506 g/mol. The van der Waals surface area contributed by atoms with Gasteiger partial charge in [0.05, 0.1) is 38.4 Å². The molecule has 0 saturated carbocycles. The molecule has 34 heavy (non-hydrogen) atoms. The summed E-state index contributed by atoms with van der Waals surface area (Å²) in [6, 6.07) is 8.72. The molecule has 0 bridgehead atoms. The molecule has 1 aromatic heterocycles. The van der Waals surface area contributed by atoms with Crippen LogP contribution < -0.4 is 19.8 Å². The van der Waals surface area contributed by atoms with Crippen LogP contribution in [0.3, 0.4) is 0 Å². The normalized spacial score (nSPS) is 12.1. The Morgan fingerprint density at radius 3 is 2.44 bits per heavy atom. The van der Waals surface area contributed by atoms with Crippen molar-refractivity contribution in [3.8, 4) is 17.2 Å². The molecule has 0 unspecified atom stereocenters. The molecule has 180 valence electrons. The third kappa shape index (κ3) is 5.39. The number of hydrogen-bond acceptors (Lipinski definition) is 8. The Balaban J connectivity index is 2.07. The van der Waals surface area contributed by atoms with Crippen LogP contribution in [-0.2, 0) is 16.0 Å². The van der Waals surface area contributed by atoms with Gasteiger partial charge in [0.25, 0.3) is 5.56 Å². The maximum atomic E-state index is 13.2. The van der Waals surface area contributed by atoms with E-state index >= 15 is 0 Å². The predicted octanol–water partition coefficient (Wildman–Crippen LogP) is 3.95. The Morgan fingerprint density at radius 1 is 1.18 bits per heavy atom. The summed E-state index contributed by atoms with van der Waals surface area (Å²) in [6.45, 7) is 3.57. The summed E-state index contributed by atoms with van der Waals surface area (Å²) in [4.78, 5) is 29.6. The zero-order valence-corrected chi connectivity index (χ0v) is 21.2. The van der Waals surface area contributed by atoms with E-state index in [1.54, 1.807) is 31.2 Å². The molecule has 0 aliphatic carbocycles. The summed E-state index contributed by atoms with van der Waals surface area (Å²) in [5.74, 6) is 0.940. The lowest BCUT2D eigenvalue weighted by Gasteiger charge is -2.18. The lowest BCUT2D eigenvalue weighted by Crippen LogP contribution is -2.25. The molecule has 0 amide bonds. The van der Waals surface area contributed by atoms with E-state index in [4.69, 9.17) is 18.9 Å². The summed E-state index contributed by atoms with van der Waals surface area (Å²) in [5.41, 5.74) is 0.944. The summed E-state index contributed by atoms with van der Waals surface area (Å²) in [7, 11) is 4.23. The number of methoxy groups -OCH3 is 3. The number of halogens is 1. The fourth-order valence-electron chi connectivity index (χ4n) is 3.31. The molecule has 9 nitrogen and oxygen atoms in total. The average molecular weight is 532 g/mol. The van der Waals surface area contributed by atoms with Crippen molar-refractivity contribution in [1.29, 1.82) is 0 Å². The van der Waals surface area contributed by atoms with Gasteiger partial charge in [-0.25, -0.2) is 9.78 Å². The number of benzene rings is 2. The van der Waals surface area contributed by atoms with E-state index in [1.165, 1.54) is 32.2 Å². The molecule has 0 aliphatic heterocycles. The number of nitrogens with zero attached hydrogens (tertiary/aromatic N) is 3. The van der Waals surface area contributed by atoms with E-state index in [-0.39, 0.29) is 11.3 Å². The van der Waals surface area contributed by atoms with Crippen molar-refractivity contribution in [3.63, 3.8) is 0 Å². The maximum absolute atomic E-state index is 13.2. The number of aromatic nitrogens is 2. The van der Waals surface area contributed by atoms with Gasteiger partial charge < -0.3 is 18.9 Å². The van der Waals surface area contributed by atoms with Crippen LogP contribution in [0.15, 0.2) is 44.7 Å². The molecule has 3 rings (SSSR count). The van der Waals surface area contributed by atoms with Gasteiger partial charge in [-0.1, -0.05) is 22.9 Å². The second-order valence-electron chi connectivity index (χ2n) is 7.34. The third-order valence-corrected chi connectivity index (χ3v) is 5.48. The molecule has 0 fully saturated rings. The molecule has 0 radical (unpaired) electrons. The summed E-state index contributed by atoms with van der Waals surface area (Å²) in [5, 5.41) is 4.89. The predicted molar refractivity (Wildman–Crippen MR) is 132 cm³/mol. The van der Waals surface area contributed by atoms with Crippen molar-refractivity contribution < 1.29 is 23.7 Å². The van der Waals surface area contributed by atoms with Gasteiger partial charge in [-0.05, 0) is 43.7 Å². The molecule has 2 aromatic carbocycles. The summed E-state index contributed by atoms with van der Waals surface area (Å²) >= 11 is 3.40. The van der Waals surface area contributed by atoms with Gasteiger partial charge >= 0.3 is 5.97 Å². The fourth-order valence-corrected chi connectivity index (χ4v) is 3.67. The highest BCUT2D eigenvalue weighted by molar-refractivity contribution is 9.10. The van der Waals surface area contributed by atoms with E-state index in [0.717, 1.165) is 10.9 Å². The molecule has 0 aliphatic rings. The number of carbonyl (C=O) groups excluding carboxylic acids is 1. The Labute approximate surface area is 205 Å². The van der Waals surface area contributed by atoms with Gasteiger partial charge in [-0.3, -0.25) is 4.79 Å². The molecule has 10 heteroatoms. The highest BCUT2D eigenvalue weighted by atomic mass is 79.9. The largest absolute Gasteiger partial charge is 0.493 e.